The standard InChI is InChI=1S/C23H41N3O7Si2/c1-21(2,3)34(7,8)30-13-14-23(16(32-23)18(24)28)17(33-35(9,10)22(4,5)6)19(31-14)26-12-11-15(27)25-20(26)29/h11-12,14,16-17,19H,13H2,1-10H3,(H2,24,28)(H,25,27,29)/t14-,16+,17+,19-,23-/m1/s1. The van der Waals surface area contributed by atoms with Crippen LogP contribution in [-0.2, 0) is 23.1 Å². The molecule has 0 saturated carbocycles. The van der Waals surface area contributed by atoms with Crippen LogP contribution in [0.3, 0.4) is 0 Å². The number of nitrogens with zero attached hydrogens (tertiary/aromatic N) is 1. The van der Waals surface area contributed by atoms with Crippen molar-refractivity contribution in [2.75, 3.05) is 6.61 Å². The molecule has 1 aromatic rings. The predicted octanol–water partition coefficient (Wildman–Crippen LogP) is 2.47. The van der Waals surface area contributed by atoms with Crippen LogP contribution < -0.4 is 17.0 Å². The molecule has 0 unspecified atom stereocenters. The zero-order valence-electron chi connectivity index (χ0n) is 22.6. The van der Waals surface area contributed by atoms with E-state index in [-0.39, 0.29) is 16.7 Å². The molecule has 0 aromatic carbocycles. The fourth-order valence-electron chi connectivity index (χ4n) is 3.82. The normalized spacial score (nSPS) is 29.5. The maximum Gasteiger partial charge on any atom is 0.330 e. The lowest BCUT2D eigenvalue weighted by Gasteiger charge is -2.40. The number of epoxide rings is 1. The van der Waals surface area contributed by atoms with Gasteiger partial charge in [-0.2, -0.15) is 0 Å². The number of aromatic amines is 1. The van der Waals surface area contributed by atoms with Crippen molar-refractivity contribution in [1.29, 1.82) is 0 Å². The molecule has 2 aliphatic rings. The Morgan fingerprint density at radius 2 is 1.69 bits per heavy atom. The minimum Gasteiger partial charge on any atom is -0.414 e. The molecule has 1 amide bonds. The number of nitrogens with one attached hydrogen (secondary N) is 1. The van der Waals surface area contributed by atoms with Gasteiger partial charge in [0.2, 0.25) is 5.91 Å². The van der Waals surface area contributed by atoms with Gasteiger partial charge in [0.1, 0.15) is 12.2 Å². The largest absolute Gasteiger partial charge is 0.414 e. The highest BCUT2D eigenvalue weighted by atomic mass is 28.4. The number of hydrogen-bond donors (Lipinski definition) is 2. The molecule has 2 aliphatic heterocycles. The topological polar surface area (TPSA) is 138 Å². The number of carbonyl (C=O) groups is 1. The number of amides is 1. The molecule has 3 N–H and O–H groups in total. The van der Waals surface area contributed by atoms with Crippen molar-refractivity contribution in [2.45, 2.75) is 108 Å². The van der Waals surface area contributed by atoms with Crippen LogP contribution in [0.5, 0.6) is 0 Å². The number of aromatic nitrogens is 2. The third kappa shape index (κ3) is 5.01. The van der Waals surface area contributed by atoms with E-state index >= 15 is 0 Å². The first-order valence-electron chi connectivity index (χ1n) is 12.0. The Morgan fingerprint density at radius 1 is 1.11 bits per heavy atom. The van der Waals surface area contributed by atoms with E-state index in [4.69, 9.17) is 24.1 Å². The van der Waals surface area contributed by atoms with Gasteiger partial charge in [0.25, 0.3) is 5.56 Å². The number of H-pyrrole nitrogens is 1. The van der Waals surface area contributed by atoms with Gasteiger partial charge in [-0.1, -0.05) is 41.5 Å². The van der Waals surface area contributed by atoms with Gasteiger partial charge in [-0.25, -0.2) is 4.79 Å². The molecule has 0 radical (unpaired) electrons. The van der Waals surface area contributed by atoms with E-state index in [1.165, 1.54) is 16.8 Å². The molecule has 10 nitrogen and oxygen atoms in total. The summed E-state index contributed by atoms with van der Waals surface area (Å²) in [6.45, 7) is 21.3. The number of nitrogens with two attached hydrogens (primary N) is 1. The minimum absolute atomic E-state index is 0.0431. The third-order valence-electron chi connectivity index (χ3n) is 8.20. The SMILES string of the molecule is CC(C)(C)[Si](C)(C)OC[C@H]1O[C@@H](n2ccc(=O)[nH]c2=O)[C@H](O[Si](C)(C)C(C)(C)C)[C@@]12O[C@H]2C(N)=O. The molecule has 3 heterocycles. The van der Waals surface area contributed by atoms with Crippen LogP contribution in [0.4, 0.5) is 0 Å². The average Bonchev–Trinajstić information content (AvgIpc) is 3.35. The maximum atomic E-state index is 12.8. The smallest absolute Gasteiger partial charge is 0.330 e. The van der Waals surface area contributed by atoms with E-state index < -0.39 is 63.9 Å². The Morgan fingerprint density at radius 3 is 2.14 bits per heavy atom. The molecular formula is C23H41N3O7Si2. The summed E-state index contributed by atoms with van der Waals surface area (Å²) in [5.41, 5.74) is 3.36. The van der Waals surface area contributed by atoms with Crippen molar-refractivity contribution in [1.82, 2.24) is 9.55 Å². The van der Waals surface area contributed by atoms with Gasteiger partial charge in [-0.15, -0.1) is 0 Å². The summed E-state index contributed by atoms with van der Waals surface area (Å²) in [5.74, 6) is -0.621. The van der Waals surface area contributed by atoms with Gasteiger partial charge in [0, 0.05) is 12.3 Å². The van der Waals surface area contributed by atoms with Crippen LogP contribution in [0.1, 0.15) is 47.8 Å². The Bertz CT molecular complexity index is 1090. The van der Waals surface area contributed by atoms with E-state index in [0.717, 1.165) is 0 Å². The van der Waals surface area contributed by atoms with Crippen LogP contribution in [0.25, 0.3) is 0 Å². The lowest BCUT2D eigenvalue weighted by molar-refractivity contribution is -0.119. The molecule has 0 bridgehead atoms. The molecule has 3 rings (SSSR count). The summed E-state index contributed by atoms with van der Waals surface area (Å²) in [5, 5.41) is -0.208. The van der Waals surface area contributed by atoms with Crippen molar-refractivity contribution in [3.63, 3.8) is 0 Å². The van der Waals surface area contributed by atoms with Crippen LogP contribution in [0.2, 0.25) is 36.3 Å². The van der Waals surface area contributed by atoms with Crippen molar-refractivity contribution < 1.29 is 23.1 Å². The van der Waals surface area contributed by atoms with E-state index in [0.29, 0.717) is 0 Å². The number of primary amides is 1. The lowest BCUT2D eigenvalue weighted by Crippen LogP contribution is -2.53. The Balaban J connectivity index is 2.08. The Hall–Kier alpha value is -1.58. The summed E-state index contributed by atoms with van der Waals surface area (Å²) in [4.78, 5) is 39.1. The van der Waals surface area contributed by atoms with Crippen LogP contribution in [0, 0.1) is 0 Å². The molecule has 35 heavy (non-hydrogen) atoms. The van der Waals surface area contributed by atoms with E-state index in [2.05, 4.69) is 72.7 Å². The fraction of sp³-hybridized carbons (Fsp3) is 0.783. The number of ether oxygens (including phenoxy) is 2. The van der Waals surface area contributed by atoms with Crippen molar-refractivity contribution >= 4 is 22.5 Å². The zero-order chi connectivity index (χ0) is 26.8. The molecule has 2 saturated heterocycles. The molecule has 12 heteroatoms. The van der Waals surface area contributed by atoms with E-state index in [1.807, 2.05) is 0 Å². The van der Waals surface area contributed by atoms with Gasteiger partial charge in [-0.05, 0) is 36.3 Å². The average molecular weight is 528 g/mol. The highest BCUT2D eigenvalue weighted by Crippen LogP contribution is 2.56. The van der Waals surface area contributed by atoms with Crippen molar-refractivity contribution in [2.24, 2.45) is 5.73 Å². The summed E-state index contributed by atoms with van der Waals surface area (Å²) in [6, 6.07) is 1.25. The zero-order valence-corrected chi connectivity index (χ0v) is 24.6. The molecule has 198 valence electrons. The van der Waals surface area contributed by atoms with Gasteiger partial charge in [0.15, 0.2) is 34.6 Å². The second kappa shape index (κ2) is 8.77. The maximum absolute atomic E-state index is 12.8. The first-order chi connectivity index (χ1) is 15.7. The first kappa shape index (κ1) is 28.0. The van der Waals surface area contributed by atoms with E-state index in [1.54, 1.807) is 0 Å². The Kier molecular flexibility index (Phi) is 7.02. The molecule has 1 spiro atoms. The number of carbonyl (C=O) groups excluding carboxylic acids is 1. The minimum atomic E-state index is -2.44. The van der Waals surface area contributed by atoms with Gasteiger partial charge in [-0.3, -0.25) is 19.1 Å². The van der Waals surface area contributed by atoms with Crippen molar-refractivity contribution in [3.05, 3.63) is 33.1 Å². The van der Waals surface area contributed by atoms with E-state index in [9.17, 15) is 14.4 Å². The van der Waals surface area contributed by atoms with Crippen molar-refractivity contribution in [3.8, 4) is 0 Å². The molecule has 0 aliphatic carbocycles. The molecular weight excluding hydrogens is 486 g/mol. The highest BCUT2D eigenvalue weighted by molar-refractivity contribution is 6.74. The number of rotatable bonds is 7. The summed E-state index contributed by atoms with van der Waals surface area (Å²) in [7, 11) is -4.61. The predicted molar refractivity (Wildman–Crippen MR) is 137 cm³/mol. The first-order valence-corrected chi connectivity index (χ1v) is 17.8. The fourth-order valence-corrected chi connectivity index (χ4v) is 6.11. The summed E-state index contributed by atoms with van der Waals surface area (Å²) >= 11 is 0. The summed E-state index contributed by atoms with van der Waals surface area (Å²) < 4.78 is 27.0. The van der Waals surface area contributed by atoms with Gasteiger partial charge >= 0.3 is 5.69 Å². The Labute approximate surface area is 208 Å². The van der Waals surface area contributed by atoms with Crippen LogP contribution >= 0.6 is 0 Å². The lowest BCUT2D eigenvalue weighted by atomic mass is 9.93. The van der Waals surface area contributed by atoms with Gasteiger partial charge in [0.05, 0.1) is 6.61 Å². The molecule has 2 fully saturated rings. The van der Waals surface area contributed by atoms with Crippen LogP contribution in [0.15, 0.2) is 21.9 Å². The monoisotopic (exact) mass is 527 g/mol. The highest BCUT2D eigenvalue weighted by Gasteiger charge is 2.76. The van der Waals surface area contributed by atoms with Gasteiger partial charge < -0.3 is 24.1 Å². The van der Waals surface area contributed by atoms with Crippen LogP contribution in [-0.4, -0.2) is 62.6 Å². The second-order valence-corrected chi connectivity index (χ2v) is 22.2. The molecule has 5 atom stereocenters. The number of hydrogen-bond acceptors (Lipinski definition) is 7. The quantitative estimate of drug-likeness (QED) is 0.410. The summed E-state index contributed by atoms with van der Waals surface area (Å²) in [6.07, 6.45) is -2.01. The second-order valence-electron chi connectivity index (χ2n) is 12.7. The third-order valence-corrected chi connectivity index (χ3v) is 17.2. The molecule has 1 aromatic heterocycles.